The van der Waals surface area contributed by atoms with E-state index in [1.165, 1.54) is 0 Å². The zero-order valence-corrected chi connectivity index (χ0v) is 11.0. The van der Waals surface area contributed by atoms with Crippen LogP contribution in [0.5, 0.6) is 0 Å². The molecule has 1 heterocycles. The Bertz CT molecular complexity index is 388. The molecule has 0 aliphatic heterocycles. The summed E-state index contributed by atoms with van der Waals surface area (Å²) < 4.78 is 5.36. The molecular weight excluding hydrogens is 218 g/mol. The second-order valence-corrected chi connectivity index (χ2v) is 5.48. The summed E-state index contributed by atoms with van der Waals surface area (Å²) in [6.07, 6.45) is 1.07. The molecule has 0 amide bonds. The van der Waals surface area contributed by atoms with Crippen molar-refractivity contribution in [2.75, 3.05) is 6.54 Å². The monoisotopic (exact) mass is 239 g/mol. The van der Waals surface area contributed by atoms with E-state index in [1.54, 1.807) is 13.0 Å². The van der Waals surface area contributed by atoms with Crippen LogP contribution >= 0.6 is 0 Å². The predicted molar refractivity (Wildman–Crippen MR) is 66.2 cm³/mol. The summed E-state index contributed by atoms with van der Waals surface area (Å²) in [5.41, 5.74) is 0.552. The van der Waals surface area contributed by atoms with Gasteiger partial charge in [0.25, 0.3) is 0 Å². The third-order valence-corrected chi connectivity index (χ3v) is 2.55. The second kappa shape index (κ2) is 5.36. The first-order valence-corrected chi connectivity index (χ1v) is 5.83. The molecule has 1 rings (SSSR count). The van der Waals surface area contributed by atoms with Gasteiger partial charge in [0.15, 0.2) is 0 Å². The highest BCUT2D eigenvalue weighted by Crippen LogP contribution is 2.17. The standard InChI is InChI=1S/C13H21NO3/c1-9-11(12(15)16)7-10(17-9)8-14-6-5-13(2,3)4/h7,14H,5-6,8H2,1-4H3,(H,15,16). The topological polar surface area (TPSA) is 62.5 Å². The van der Waals surface area contributed by atoms with Gasteiger partial charge in [0.05, 0.1) is 6.54 Å². The van der Waals surface area contributed by atoms with Gasteiger partial charge in [0.2, 0.25) is 0 Å². The zero-order chi connectivity index (χ0) is 13.1. The van der Waals surface area contributed by atoms with Gasteiger partial charge >= 0.3 is 5.97 Å². The number of aryl methyl sites for hydroxylation is 1. The lowest BCUT2D eigenvalue weighted by Gasteiger charge is -2.17. The molecule has 0 fully saturated rings. The molecule has 96 valence electrons. The summed E-state index contributed by atoms with van der Waals surface area (Å²) in [5.74, 6) is 0.200. The fourth-order valence-corrected chi connectivity index (χ4v) is 1.52. The molecule has 0 unspecified atom stereocenters. The van der Waals surface area contributed by atoms with E-state index in [0.717, 1.165) is 13.0 Å². The van der Waals surface area contributed by atoms with E-state index in [0.29, 0.717) is 23.5 Å². The summed E-state index contributed by atoms with van der Waals surface area (Å²) in [4.78, 5) is 10.8. The SMILES string of the molecule is Cc1oc(CNCCC(C)(C)C)cc1C(=O)O. The second-order valence-electron chi connectivity index (χ2n) is 5.48. The fraction of sp³-hybridized carbons (Fsp3) is 0.615. The van der Waals surface area contributed by atoms with Gasteiger partial charge in [-0.25, -0.2) is 4.79 Å². The fourth-order valence-electron chi connectivity index (χ4n) is 1.52. The van der Waals surface area contributed by atoms with E-state index in [-0.39, 0.29) is 5.56 Å². The molecule has 0 spiro atoms. The number of rotatable bonds is 5. The van der Waals surface area contributed by atoms with Crippen LogP contribution in [0.1, 0.15) is 49.1 Å². The van der Waals surface area contributed by atoms with E-state index < -0.39 is 5.97 Å². The summed E-state index contributed by atoms with van der Waals surface area (Å²) in [5, 5.41) is 12.1. The number of hydrogen-bond acceptors (Lipinski definition) is 3. The highest BCUT2D eigenvalue weighted by atomic mass is 16.4. The number of furan rings is 1. The summed E-state index contributed by atoms with van der Waals surface area (Å²) in [6, 6.07) is 1.59. The van der Waals surface area contributed by atoms with Crippen molar-refractivity contribution in [1.29, 1.82) is 0 Å². The summed E-state index contributed by atoms with van der Waals surface area (Å²) in [6.45, 7) is 9.70. The van der Waals surface area contributed by atoms with E-state index >= 15 is 0 Å². The molecule has 0 bridgehead atoms. The lowest BCUT2D eigenvalue weighted by Crippen LogP contribution is -2.19. The Balaban J connectivity index is 2.43. The molecule has 0 aromatic carbocycles. The van der Waals surface area contributed by atoms with Crippen molar-refractivity contribution >= 4 is 5.97 Å². The highest BCUT2D eigenvalue weighted by Gasteiger charge is 2.13. The van der Waals surface area contributed by atoms with E-state index in [2.05, 4.69) is 26.1 Å². The molecule has 4 heteroatoms. The average Bonchev–Trinajstić information content (AvgIpc) is 2.53. The van der Waals surface area contributed by atoms with Crippen LogP contribution in [0.15, 0.2) is 10.5 Å². The van der Waals surface area contributed by atoms with Crippen LogP contribution in [0, 0.1) is 12.3 Å². The average molecular weight is 239 g/mol. The van der Waals surface area contributed by atoms with Gasteiger partial charge < -0.3 is 14.8 Å². The lowest BCUT2D eigenvalue weighted by atomic mass is 9.92. The minimum Gasteiger partial charge on any atom is -0.478 e. The molecule has 0 radical (unpaired) electrons. The smallest absolute Gasteiger partial charge is 0.339 e. The highest BCUT2D eigenvalue weighted by molar-refractivity contribution is 5.88. The number of nitrogens with one attached hydrogen (secondary N) is 1. The zero-order valence-electron chi connectivity index (χ0n) is 11.0. The van der Waals surface area contributed by atoms with Crippen molar-refractivity contribution in [3.63, 3.8) is 0 Å². The number of carbonyl (C=O) groups is 1. The molecule has 1 aromatic rings. The van der Waals surface area contributed by atoms with Crippen LogP contribution in [-0.2, 0) is 6.54 Å². The van der Waals surface area contributed by atoms with Crippen molar-refractivity contribution in [2.45, 2.75) is 40.7 Å². The Morgan fingerprint density at radius 2 is 2.12 bits per heavy atom. The van der Waals surface area contributed by atoms with Crippen molar-refractivity contribution in [3.8, 4) is 0 Å². The molecule has 0 saturated heterocycles. The third kappa shape index (κ3) is 4.61. The number of carboxylic acid groups (broad SMARTS) is 1. The Kier molecular flexibility index (Phi) is 4.34. The Hall–Kier alpha value is -1.29. The normalized spacial score (nSPS) is 11.8. The van der Waals surface area contributed by atoms with Crippen LogP contribution < -0.4 is 5.32 Å². The van der Waals surface area contributed by atoms with Gasteiger partial charge in [-0.15, -0.1) is 0 Å². The van der Waals surface area contributed by atoms with Crippen molar-refractivity contribution in [2.24, 2.45) is 5.41 Å². The van der Waals surface area contributed by atoms with Crippen molar-refractivity contribution in [1.82, 2.24) is 5.32 Å². The van der Waals surface area contributed by atoms with Crippen molar-refractivity contribution < 1.29 is 14.3 Å². The van der Waals surface area contributed by atoms with E-state index in [4.69, 9.17) is 9.52 Å². The molecule has 0 saturated carbocycles. The van der Waals surface area contributed by atoms with Gasteiger partial charge in [0.1, 0.15) is 17.1 Å². The largest absolute Gasteiger partial charge is 0.478 e. The molecule has 0 aliphatic carbocycles. The molecule has 0 atom stereocenters. The molecule has 1 aromatic heterocycles. The molecule has 4 nitrogen and oxygen atoms in total. The Morgan fingerprint density at radius 3 is 2.59 bits per heavy atom. The number of hydrogen-bond donors (Lipinski definition) is 2. The van der Waals surface area contributed by atoms with Crippen molar-refractivity contribution in [3.05, 3.63) is 23.2 Å². The molecule has 17 heavy (non-hydrogen) atoms. The maximum Gasteiger partial charge on any atom is 0.339 e. The maximum atomic E-state index is 10.8. The number of carboxylic acids is 1. The van der Waals surface area contributed by atoms with E-state index in [9.17, 15) is 4.79 Å². The van der Waals surface area contributed by atoms with Crippen LogP contribution in [0.4, 0.5) is 0 Å². The van der Waals surface area contributed by atoms with Gasteiger partial charge in [-0.3, -0.25) is 0 Å². The third-order valence-electron chi connectivity index (χ3n) is 2.55. The van der Waals surface area contributed by atoms with Crippen LogP contribution in [0.25, 0.3) is 0 Å². The first-order valence-electron chi connectivity index (χ1n) is 5.83. The summed E-state index contributed by atoms with van der Waals surface area (Å²) in [7, 11) is 0. The maximum absolute atomic E-state index is 10.8. The molecule has 2 N–H and O–H groups in total. The van der Waals surface area contributed by atoms with Crippen LogP contribution in [0.2, 0.25) is 0 Å². The van der Waals surface area contributed by atoms with Gasteiger partial charge in [-0.05, 0) is 31.4 Å². The minimum atomic E-state index is -0.938. The molecular formula is C13H21NO3. The first-order chi connectivity index (χ1) is 7.79. The van der Waals surface area contributed by atoms with Gasteiger partial charge in [-0.1, -0.05) is 20.8 Å². The lowest BCUT2D eigenvalue weighted by molar-refractivity contribution is 0.0695. The van der Waals surface area contributed by atoms with E-state index in [1.807, 2.05) is 0 Å². The predicted octanol–water partition coefficient (Wildman–Crippen LogP) is 2.81. The molecule has 0 aliphatic rings. The quantitative estimate of drug-likeness (QED) is 0.775. The van der Waals surface area contributed by atoms with Crippen LogP contribution in [-0.4, -0.2) is 17.6 Å². The minimum absolute atomic E-state index is 0.248. The first kappa shape index (κ1) is 13.8. The van der Waals surface area contributed by atoms with Gasteiger partial charge in [-0.2, -0.15) is 0 Å². The van der Waals surface area contributed by atoms with Gasteiger partial charge in [0, 0.05) is 0 Å². The summed E-state index contributed by atoms with van der Waals surface area (Å²) >= 11 is 0. The Labute approximate surface area is 102 Å². The number of aromatic carboxylic acids is 1. The van der Waals surface area contributed by atoms with Crippen LogP contribution in [0.3, 0.4) is 0 Å². The Morgan fingerprint density at radius 1 is 1.47 bits per heavy atom.